The minimum atomic E-state index is 0.498. The Bertz CT molecular complexity index is 433. The molecule has 0 fully saturated rings. The molecule has 15 heavy (non-hydrogen) atoms. The van der Waals surface area contributed by atoms with E-state index >= 15 is 0 Å². The predicted octanol–water partition coefficient (Wildman–Crippen LogP) is 2.58. The van der Waals surface area contributed by atoms with Gasteiger partial charge in [-0.05, 0) is 12.1 Å². The third-order valence-electron chi connectivity index (χ3n) is 1.92. The minimum absolute atomic E-state index is 0.498. The maximum Gasteiger partial charge on any atom is 0.200 e. The van der Waals surface area contributed by atoms with Crippen LogP contribution in [0.1, 0.15) is 13.8 Å². The highest BCUT2D eigenvalue weighted by atomic mass is 32.2. The summed E-state index contributed by atoms with van der Waals surface area (Å²) in [5, 5.41) is 9.65. The fraction of sp³-hybridized carbons (Fsp3) is 0.400. The molecule has 0 atom stereocenters. The number of aromatic nitrogens is 3. The molecule has 0 radical (unpaired) electrons. The molecular formula is C10H13N3OS. The summed E-state index contributed by atoms with van der Waals surface area (Å²) < 4.78 is 7.23. The van der Waals surface area contributed by atoms with Crippen LogP contribution in [0.25, 0.3) is 11.6 Å². The largest absolute Gasteiger partial charge is 0.461 e. The molecule has 0 aliphatic carbocycles. The Labute approximate surface area is 92.7 Å². The van der Waals surface area contributed by atoms with Crippen LogP contribution >= 0.6 is 11.8 Å². The first-order chi connectivity index (χ1) is 7.18. The Kier molecular flexibility index (Phi) is 2.81. The summed E-state index contributed by atoms with van der Waals surface area (Å²) in [7, 11) is 1.95. The lowest BCUT2D eigenvalue weighted by molar-refractivity contribution is 0.572. The topological polar surface area (TPSA) is 43.9 Å². The van der Waals surface area contributed by atoms with Crippen LogP contribution < -0.4 is 0 Å². The van der Waals surface area contributed by atoms with Crippen LogP contribution in [0.5, 0.6) is 0 Å². The SMILES string of the molecule is CC(C)Sc1nnc(-c2ccco2)n1C. The van der Waals surface area contributed by atoms with Gasteiger partial charge in [0.05, 0.1) is 6.26 Å². The third-order valence-corrected chi connectivity index (χ3v) is 2.96. The average molecular weight is 223 g/mol. The van der Waals surface area contributed by atoms with Crippen molar-refractivity contribution in [3.8, 4) is 11.6 Å². The molecule has 2 aromatic rings. The zero-order chi connectivity index (χ0) is 10.8. The van der Waals surface area contributed by atoms with Gasteiger partial charge in [-0.25, -0.2) is 0 Å². The second-order valence-electron chi connectivity index (χ2n) is 3.51. The van der Waals surface area contributed by atoms with E-state index in [1.54, 1.807) is 18.0 Å². The zero-order valence-corrected chi connectivity index (χ0v) is 9.78. The van der Waals surface area contributed by atoms with E-state index in [0.717, 1.165) is 16.7 Å². The molecule has 0 N–H and O–H groups in total. The van der Waals surface area contributed by atoms with Gasteiger partial charge < -0.3 is 8.98 Å². The molecule has 0 unspecified atom stereocenters. The van der Waals surface area contributed by atoms with Crippen LogP contribution in [0.2, 0.25) is 0 Å². The maximum atomic E-state index is 5.29. The molecule has 0 saturated carbocycles. The van der Waals surface area contributed by atoms with Crippen LogP contribution in [-0.2, 0) is 7.05 Å². The normalized spacial score (nSPS) is 11.2. The Balaban J connectivity index is 2.32. The summed E-state index contributed by atoms with van der Waals surface area (Å²) in [4.78, 5) is 0. The number of thioether (sulfide) groups is 1. The Morgan fingerprint density at radius 2 is 2.20 bits per heavy atom. The average Bonchev–Trinajstić information content (AvgIpc) is 2.76. The van der Waals surface area contributed by atoms with Gasteiger partial charge in [0.2, 0.25) is 0 Å². The van der Waals surface area contributed by atoms with Crippen LogP contribution in [0.4, 0.5) is 0 Å². The quantitative estimate of drug-likeness (QED) is 0.750. The molecule has 0 aliphatic heterocycles. The number of hydrogen-bond donors (Lipinski definition) is 0. The smallest absolute Gasteiger partial charge is 0.200 e. The van der Waals surface area contributed by atoms with E-state index in [1.165, 1.54) is 0 Å². The van der Waals surface area contributed by atoms with E-state index in [4.69, 9.17) is 4.42 Å². The van der Waals surface area contributed by atoms with Crippen molar-refractivity contribution in [3.05, 3.63) is 18.4 Å². The van der Waals surface area contributed by atoms with E-state index in [1.807, 2.05) is 23.7 Å². The van der Waals surface area contributed by atoms with Crippen LogP contribution in [0.15, 0.2) is 28.0 Å². The molecule has 0 saturated heterocycles. The van der Waals surface area contributed by atoms with E-state index in [2.05, 4.69) is 24.0 Å². The Hall–Kier alpha value is -1.23. The molecule has 80 valence electrons. The summed E-state index contributed by atoms with van der Waals surface area (Å²) in [6.07, 6.45) is 1.64. The predicted molar refractivity (Wildman–Crippen MR) is 59.7 cm³/mol. The Morgan fingerprint density at radius 3 is 2.80 bits per heavy atom. The van der Waals surface area contributed by atoms with Crippen molar-refractivity contribution in [2.24, 2.45) is 7.05 Å². The van der Waals surface area contributed by atoms with E-state index in [0.29, 0.717) is 5.25 Å². The molecular weight excluding hydrogens is 210 g/mol. The van der Waals surface area contributed by atoms with Gasteiger partial charge >= 0.3 is 0 Å². The fourth-order valence-electron chi connectivity index (χ4n) is 1.25. The van der Waals surface area contributed by atoms with Gasteiger partial charge in [0, 0.05) is 12.3 Å². The molecule has 2 rings (SSSR count). The second-order valence-corrected chi connectivity index (χ2v) is 5.05. The first kappa shape index (κ1) is 10.3. The van der Waals surface area contributed by atoms with Gasteiger partial charge in [0.25, 0.3) is 0 Å². The first-order valence-electron chi connectivity index (χ1n) is 4.78. The summed E-state index contributed by atoms with van der Waals surface area (Å²) >= 11 is 1.69. The monoisotopic (exact) mass is 223 g/mol. The highest BCUT2D eigenvalue weighted by Gasteiger charge is 2.13. The summed E-state index contributed by atoms with van der Waals surface area (Å²) in [6, 6.07) is 3.73. The number of nitrogens with zero attached hydrogens (tertiary/aromatic N) is 3. The highest BCUT2D eigenvalue weighted by molar-refractivity contribution is 7.99. The van der Waals surface area contributed by atoms with Crippen LogP contribution in [0.3, 0.4) is 0 Å². The lowest BCUT2D eigenvalue weighted by atomic mass is 10.4. The molecule has 0 bridgehead atoms. The van der Waals surface area contributed by atoms with Crippen molar-refractivity contribution in [2.75, 3.05) is 0 Å². The van der Waals surface area contributed by atoms with Gasteiger partial charge in [-0.2, -0.15) is 0 Å². The number of furan rings is 1. The molecule has 5 heteroatoms. The summed E-state index contributed by atoms with van der Waals surface area (Å²) in [6.45, 7) is 4.26. The number of rotatable bonds is 3. The van der Waals surface area contributed by atoms with Crippen LogP contribution in [0, 0.1) is 0 Å². The minimum Gasteiger partial charge on any atom is -0.461 e. The first-order valence-corrected chi connectivity index (χ1v) is 5.66. The van der Waals surface area contributed by atoms with E-state index in [-0.39, 0.29) is 0 Å². The fourth-order valence-corrected chi connectivity index (χ4v) is 2.00. The van der Waals surface area contributed by atoms with Gasteiger partial charge in [-0.3, -0.25) is 0 Å². The van der Waals surface area contributed by atoms with Crippen molar-refractivity contribution in [1.82, 2.24) is 14.8 Å². The second kappa shape index (κ2) is 4.10. The lowest BCUT2D eigenvalue weighted by Crippen LogP contribution is -1.96. The van der Waals surface area contributed by atoms with Crippen molar-refractivity contribution in [3.63, 3.8) is 0 Å². The molecule has 2 aromatic heterocycles. The standard InChI is InChI=1S/C10H13N3OS/c1-7(2)15-10-12-11-9(13(10)3)8-5-4-6-14-8/h4-7H,1-3H3. The van der Waals surface area contributed by atoms with Gasteiger partial charge in [0.1, 0.15) is 0 Å². The molecule has 4 nitrogen and oxygen atoms in total. The van der Waals surface area contributed by atoms with Crippen molar-refractivity contribution in [1.29, 1.82) is 0 Å². The maximum absolute atomic E-state index is 5.29. The Morgan fingerprint density at radius 1 is 1.40 bits per heavy atom. The van der Waals surface area contributed by atoms with E-state index in [9.17, 15) is 0 Å². The highest BCUT2D eigenvalue weighted by Crippen LogP contribution is 2.25. The van der Waals surface area contributed by atoms with Crippen molar-refractivity contribution < 1.29 is 4.42 Å². The summed E-state index contributed by atoms with van der Waals surface area (Å²) in [5.74, 6) is 1.52. The van der Waals surface area contributed by atoms with Crippen LogP contribution in [-0.4, -0.2) is 20.0 Å². The van der Waals surface area contributed by atoms with Crippen molar-refractivity contribution in [2.45, 2.75) is 24.3 Å². The molecule has 2 heterocycles. The molecule has 0 aliphatic rings. The zero-order valence-electron chi connectivity index (χ0n) is 8.97. The third kappa shape index (κ3) is 2.07. The lowest BCUT2D eigenvalue weighted by Gasteiger charge is -2.03. The molecule has 0 spiro atoms. The van der Waals surface area contributed by atoms with Crippen molar-refractivity contribution >= 4 is 11.8 Å². The number of hydrogen-bond acceptors (Lipinski definition) is 4. The van der Waals surface area contributed by atoms with Gasteiger partial charge in [-0.1, -0.05) is 25.6 Å². The van der Waals surface area contributed by atoms with Gasteiger partial charge in [0.15, 0.2) is 16.7 Å². The molecule has 0 amide bonds. The summed E-state index contributed by atoms with van der Waals surface area (Å²) in [5.41, 5.74) is 0. The van der Waals surface area contributed by atoms with E-state index < -0.39 is 0 Å². The van der Waals surface area contributed by atoms with Gasteiger partial charge in [-0.15, -0.1) is 10.2 Å². The molecule has 0 aromatic carbocycles.